The Morgan fingerprint density at radius 3 is 2.71 bits per heavy atom. The van der Waals surface area contributed by atoms with Crippen molar-refractivity contribution in [3.63, 3.8) is 0 Å². The SMILES string of the molecule is CN(c1ccccn1)c1c(Cl)ccc2c1CCNCC2.Cl. The van der Waals surface area contributed by atoms with Gasteiger partial charge in [0.2, 0.25) is 0 Å². The first kappa shape index (κ1) is 16.1. The van der Waals surface area contributed by atoms with Crippen molar-refractivity contribution < 1.29 is 0 Å². The first-order valence-electron chi connectivity index (χ1n) is 6.93. The van der Waals surface area contributed by atoms with Crippen LogP contribution in [0.4, 0.5) is 11.5 Å². The van der Waals surface area contributed by atoms with E-state index in [9.17, 15) is 0 Å². The van der Waals surface area contributed by atoms with Crippen molar-refractivity contribution >= 4 is 35.5 Å². The zero-order valence-electron chi connectivity index (χ0n) is 12.0. The summed E-state index contributed by atoms with van der Waals surface area (Å²) in [5, 5.41) is 4.23. The molecule has 1 aromatic heterocycles. The van der Waals surface area contributed by atoms with E-state index >= 15 is 0 Å². The average Bonchev–Trinajstić information content (AvgIpc) is 2.73. The molecule has 112 valence electrons. The normalized spacial score (nSPS) is 13.8. The van der Waals surface area contributed by atoms with Gasteiger partial charge in [-0.05, 0) is 55.3 Å². The Morgan fingerprint density at radius 2 is 1.95 bits per heavy atom. The van der Waals surface area contributed by atoms with E-state index in [1.807, 2.05) is 37.5 Å². The number of hydrogen-bond acceptors (Lipinski definition) is 3. The third-order valence-corrected chi connectivity index (χ3v) is 4.09. The van der Waals surface area contributed by atoms with Crippen molar-refractivity contribution in [2.45, 2.75) is 12.8 Å². The van der Waals surface area contributed by atoms with Crippen LogP contribution in [0.1, 0.15) is 11.1 Å². The van der Waals surface area contributed by atoms with Crippen molar-refractivity contribution in [1.82, 2.24) is 10.3 Å². The third-order valence-electron chi connectivity index (χ3n) is 3.78. The first-order valence-corrected chi connectivity index (χ1v) is 7.31. The first-order chi connectivity index (χ1) is 9.77. The second-order valence-electron chi connectivity index (χ2n) is 5.03. The lowest BCUT2D eigenvalue weighted by molar-refractivity contribution is 0.711. The molecular weight excluding hydrogens is 305 g/mol. The van der Waals surface area contributed by atoms with Crippen molar-refractivity contribution in [3.8, 4) is 0 Å². The Labute approximate surface area is 136 Å². The van der Waals surface area contributed by atoms with Gasteiger partial charge in [0.05, 0.1) is 10.7 Å². The Kier molecular flexibility index (Phi) is 5.45. The Bertz CT molecular complexity index is 602. The van der Waals surface area contributed by atoms with Crippen LogP contribution < -0.4 is 10.2 Å². The third kappa shape index (κ3) is 3.31. The highest BCUT2D eigenvalue weighted by atomic mass is 35.5. The molecule has 0 atom stereocenters. The van der Waals surface area contributed by atoms with Crippen LogP contribution in [0.25, 0.3) is 0 Å². The molecule has 0 radical (unpaired) electrons. The van der Waals surface area contributed by atoms with Crippen LogP contribution >= 0.6 is 24.0 Å². The lowest BCUT2D eigenvalue weighted by Crippen LogP contribution is -2.17. The Morgan fingerprint density at radius 1 is 1.14 bits per heavy atom. The molecule has 21 heavy (non-hydrogen) atoms. The van der Waals surface area contributed by atoms with Crippen molar-refractivity contribution in [1.29, 1.82) is 0 Å². The van der Waals surface area contributed by atoms with Crippen molar-refractivity contribution in [2.75, 3.05) is 25.0 Å². The van der Waals surface area contributed by atoms with Crippen LogP contribution in [-0.4, -0.2) is 25.1 Å². The van der Waals surface area contributed by atoms with Crippen molar-refractivity contribution in [3.05, 3.63) is 52.7 Å². The molecule has 0 aliphatic carbocycles. The fraction of sp³-hybridized carbons (Fsp3) is 0.312. The maximum atomic E-state index is 6.47. The number of hydrogen-bond donors (Lipinski definition) is 1. The van der Waals surface area contributed by atoms with E-state index in [1.54, 1.807) is 0 Å². The van der Waals surface area contributed by atoms with Gasteiger partial charge >= 0.3 is 0 Å². The zero-order chi connectivity index (χ0) is 13.9. The van der Waals surface area contributed by atoms with Gasteiger partial charge in [0, 0.05) is 13.2 Å². The van der Waals surface area contributed by atoms with Gasteiger partial charge < -0.3 is 10.2 Å². The summed E-state index contributed by atoms with van der Waals surface area (Å²) in [6.45, 7) is 2.03. The largest absolute Gasteiger partial charge is 0.328 e. The van der Waals surface area contributed by atoms with E-state index in [4.69, 9.17) is 11.6 Å². The maximum Gasteiger partial charge on any atom is 0.132 e. The van der Waals surface area contributed by atoms with Gasteiger partial charge in [-0.2, -0.15) is 0 Å². The molecule has 1 aliphatic heterocycles. The van der Waals surface area contributed by atoms with Crippen LogP contribution in [0.3, 0.4) is 0 Å². The molecule has 0 saturated carbocycles. The monoisotopic (exact) mass is 323 g/mol. The number of pyridine rings is 1. The second-order valence-corrected chi connectivity index (χ2v) is 5.44. The Balaban J connectivity index is 0.00000161. The quantitative estimate of drug-likeness (QED) is 0.915. The van der Waals surface area contributed by atoms with Crippen molar-refractivity contribution in [2.24, 2.45) is 0 Å². The summed E-state index contributed by atoms with van der Waals surface area (Å²) in [5.41, 5.74) is 3.82. The average molecular weight is 324 g/mol. The summed E-state index contributed by atoms with van der Waals surface area (Å²) in [7, 11) is 2.03. The summed E-state index contributed by atoms with van der Waals surface area (Å²) in [5.74, 6) is 0.917. The molecule has 2 aromatic rings. The molecule has 3 nitrogen and oxygen atoms in total. The number of aromatic nitrogens is 1. The molecule has 0 spiro atoms. The number of halogens is 2. The van der Waals surface area contributed by atoms with E-state index in [-0.39, 0.29) is 12.4 Å². The number of anilines is 2. The van der Waals surface area contributed by atoms with Gasteiger partial charge in [-0.25, -0.2) is 4.98 Å². The molecule has 0 saturated heterocycles. The molecule has 3 rings (SSSR count). The fourth-order valence-electron chi connectivity index (χ4n) is 2.75. The summed E-state index contributed by atoms with van der Waals surface area (Å²) >= 11 is 6.47. The lowest BCUT2D eigenvalue weighted by atomic mass is 10.00. The molecular formula is C16H19Cl2N3. The standard InChI is InChI=1S/C16H18ClN3.ClH/c1-20(15-4-2-3-9-19-15)16-13-8-11-18-10-7-12(13)5-6-14(16)17;/h2-6,9,18H,7-8,10-11H2,1H3;1H. The smallest absolute Gasteiger partial charge is 0.132 e. The maximum absolute atomic E-state index is 6.47. The van der Waals surface area contributed by atoms with E-state index in [1.165, 1.54) is 11.1 Å². The number of nitrogens with zero attached hydrogens (tertiary/aromatic N) is 2. The lowest BCUT2D eigenvalue weighted by Gasteiger charge is -2.24. The summed E-state index contributed by atoms with van der Waals surface area (Å²) in [4.78, 5) is 6.51. The molecule has 2 heterocycles. The molecule has 0 bridgehead atoms. The highest BCUT2D eigenvalue weighted by molar-refractivity contribution is 6.33. The van der Waals surface area contributed by atoms with Crippen LogP contribution in [0.5, 0.6) is 0 Å². The number of fused-ring (bicyclic) bond motifs is 1. The van der Waals surface area contributed by atoms with Crippen LogP contribution in [-0.2, 0) is 12.8 Å². The highest BCUT2D eigenvalue weighted by Crippen LogP contribution is 2.36. The summed E-state index contributed by atoms with van der Waals surface area (Å²) < 4.78 is 0. The molecule has 5 heteroatoms. The predicted molar refractivity (Wildman–Crippen MR) is 91.3 cm³/mol. The topological polar surface area (TPSA) is 28.2 Å². The second kappa shape index (κ2) is 7.12. The number of benzene rings is 1. The molecule has 0 unspecified atom stereocenters. The van der Waals surface area contributed by atoms with E-state index in [0.29, 0.717) is 0 Å². The summed E-state index contributed by atoms with van der Waals surface area (Å²) in [6.07, 6.45) is 3.86. The molecule has 1 aromatic carbocycles. The highest BCUT2D eigenvalue weighted by Gasteiger charge is 2.18. The molecule has 1 N–H and O–H groups in total. The molecule has 0 amide bonds. The number of rotatable bonds is 2. The zero-order valence-corrected chi connectivity index (χ0v) is 13.5. The summed E-state index contributed by atoms with van der Waals surface area (Å²) in [6, 6.07) is 10.1. The minimum absolute atomic E-state index is 0. The van der Waals surface area contributed by atoms with Gasteiger partial charge in [-0.1, -0.05) is 23.7 Å². The van der Waals surface area contributed by atoms with E-state index in [2.05, 4.69) is 21.3 Å². The molecule has 0 fully saturated rings. The minimum Gasteiger partial charge on any atom is -0.328 e. The number of nitrogens with one attached hydrogen (secondary N) is 1. The van der Waals surface area contributed by atoms with Gasteiger partial charge in [-0.3, -0.25) is 0 Å². The van der Waals surface area contributed by atoms with Gasteiger partial charge in [0.1, 0.15) is 5.82 Å². The Hall–Kier alpha value is -1.29. The van der Waals surface area contributed by atoms with Gasteiger partial charge in [0.15, 0.2) is 0 Å². The molecule has 1 aliphatic rings. The predicted octanol–water partition coefficient (Wildman–Crippen LogP) is 3.61. The van der Waals surface area contributed by atoms with Gasteiger partial charge in [0.25, 0.3) is 0 Å². The minimum atomic E-state index is 0. The van der Waals surface area contributed by atoms with Crippen LogP contribution in [0, 0.1) is 0 Å². The van der Waals surface area contributed by atoms with Crippen LogP contribution in [0.15, 0.2) is 36.5 Å². The van der Waals surface area contributed by atoms with Gasteiger partial charge in [-0.15, -0.1) is 12.4 Å². The van der Waals surface area contributed by atoms with Crippen LogP contribution in [0.2, 0.25) is 5.02 Å². The van der Waals surface area contributed by atoms with E-state index in [0.717, 1.165) is 42.5 Å². The van der Waals surface area contributed by atoms with E-state index < -0.39 is 0 Å². The fourth-order valence-corrected chi connectivity index (χ4v) is 3.06.